The van der Waals surface area contributed by atoms with Crippen molar-refractivity contribution in [2.45, 2.75) is 45.7 Å². The molecule has 35 heavy (non-hydrogen) atoms. The summed E-state index contributed by atoms with van der Waals surface area (Å²) in [5.74, 6) is 2.38. The van der Waals surface area contributed by atoms with Gasteiger partial charge in [-0.15, -0.1) is 0 Å². The number of nitrogens with one attached hydrogen (secondary N) is 1. The second kappa shape index (κ2) is 11.7. The standard InChI is InChI=1S/C27H33ClN4O3/c1-18(2)15-24(19-8-12-23(34-3)13-9-19)29-27(33)21-5-4-14-32(16-21)17-25-30-26(31-35-25)20-6-10-22(28)11-7-20/h6-13,18,21,24H,4-5,14-17H2,1-3H3,(H,29,33). The zero-order valence-electron chi connectivity index (χ0n) is 20.5. The first-order chi connectivity index (χ1) is 16.9. The van der Waals surface area contributed by atoms with Crippen molar-refractivity contribution in [2.24, 2.45) is 11.8 Å². The highest BCUT2D eigenvalue weighted by Crippen LogP contribution is 2.26. The fourth-order valence-corrected chi connectivity index (χ4v) is 4.64. The quantitative estimate of drug-likeness (QED) is 0.420. The second-order valence-electron chi connectivity index (χ2n) is 9.56. The molecule has 0 aliphatic carbocycles. The number of benzene rings is 2. The van der Waals surface area contributed by atoms with E-state index in [-0.39, 0.29) is 17.9 Å². The molecule has 8 heteroatoms. The Morgan fingerprint density at radius 1 is 1.20 bits per heavy atom. The molecule has 186 valence electrons. The van der Waals surface area contributed by atoms with Crippen LogP contribution < -0.4 is 10.1 Å². The van der Waals surface area contributed by atoms with Gasteiger partial charge in [0.15, 0.2) is 0 Å². The molecule has 0 spiro atoms. The Morgan fingerprint density at radius 3 is 2.63 bits per heavy atom. The van der Waals surface area contributed by atoms with Gasteiger partial charge in [-0.25, -0.2) is 0 Å². The molecule has 2 heterocycles. The molecular formula is C27H33ClN4O3. The second-order valence-corrected chi connectivity index (χ2v) is 9.99. The van der Waals surface area contributed by atoms with E-state index in [4.69, 9.17) is 20.9 Å². The van der Waals surface area contributed by atoms with Gasteiger partial charge in [-0.2, -0.15) is 4.98 Å². The predicted octanol–water partition coefficient (Wildman–Crippen LogP) is 5.51. The van der Waals surface area contributed by atoms with Crippen LogP contribution in [0, 0.1) is 11.8 Å². The molecule has 7 nitrogen and oxygen atoms in total. The van der Waals surface area contributed by atoms with Gasteiger partial charge in [0.05, 0.1) is 25.6 Å². The lowest BCUT2D eigenvalue weighted by molar-refractivity contribution is -0.127. The maximum Gasteiger partial charge on any atom is 0.241 e. The molecular weight excluding hydrogens is 464 g/mol. The van der Waals surface area contributed by atoms with Crippen LogP contribution in [0.25, 0.3) is 11.4 Å². The minimum Gasteiger partial charge on any atom is -0.497 e. The van der Waals surface area contributed by atoms with E-state index >= 15 is 0 Å². The summed E-state index contributed by atoms with van der Waals surface area (Å²) in [5.41, 5.74) is 1.95. The molecule has 1 aliphatic heterocycles. The van der Waals surface area contributed by atoms with Crippen molar-refractivity contribution in [1.29, 1.82) is 0 Å². The van der Waals surface area contributed by atoms with Gasteiger partial charge in [-0.1, -0.05) is 42.7 Å². The highest BCUT2D eigenvalue weighted by molar-refractivity contribution is 6.30. The first kappa shape index (κ1) is 25.2. The normalized spacial score (nSPS) is 17.3. The SMILES string of the molecule is COc1ccc(C(CC(C)C)NC(=O)C2CCCN(Cc3nc(-c4ccc(Cl)cc4)no3)C2)cc1. The molecule has 0 radical (unpaired) electrons. The van der Waals surface area contributed by atoms with Gasteiger partial charge in [-0.3, -0.25) is 9.69 Å². The molecule has 1 amide bonds. The van der Waals surface area contributed by atoms with Crippen molar-refractivity contribution in [3.63, 3.8) is 0 Å². The molecule has 1 aromatic heterocycles. The van der Waals surface area contributed by atoms with Crippen molar-refractivity contribution >= 4 is 17.5 Å². The number of rotatable bonds is 9. The third-order valence-electron chi connectivity index (χ3n) is 6.35. The lowest BCUT2D eigenvalue weighted by Gasteiger charge is -2.32. The van der Waals surface area contributed by atoms with E-state index in [0.717, 1.165) is 42.7 Å². The highest BCUT2D eigenvalue weighted by atomic mass is 35.5. The van der Waals surface area contributed by atoms with Crippen LogP contribution in [0.15, 0.2) is 53.1 Å². The monoisotopic (exact) mass is 496 g/mol. The molecule has 1 saturated heterocycles. The number of aromatic nitrogens is 2. The lowest BCUT2D eigenvalue weighted by atomic mass is 9.93. The Bertz CT molecular complexity index is 1100. The summed E-state index contributed by atoms with van der Waals surface area (Å²) in [6, 6.07) is 15.3. The van der Waals surface area contributed by atoms with E-state index in [1.807, 2.05) is 36.4 Å². The first-order valence-electron chi connectivity index (χ1n) is 12.2. The van der Waals surface area contributed by atoms with Gasteiger partial charge < -0.3 is 14.6 Å². The molecule has 3 aromatic rings. The Labute approximate surface area is 211 Å². The molecule has 2 atom stereocenters. The van der Waals surface area contributed by atoms with Crippen molar-refractivity contribution in [3.8, 4) is 17.1 Å². The molecule has 2 unspecified atom stereocenters. The van der Waals surface area contributed by atoms with Gasteiger partial charge in [0, 0.05) is 17.1 Å². The Hall–Kier alpha value is -2.90. The summed E-state index contributed by atoms with van der Waals surface area (Å²) in [5, 5.41) is 8.09. The Kier molecular flexibility index (Phi) is 8.42. The molecule has 1 aliphatic rings. The number of halogens is 1. The molecule has 1 fully saturated rings. The Morgan fingerprint density at radius 2 is 1.94 bits per heavy atom. The number of hydrogen-bond acceptors (Lipinski definition) is 6. The van der Waals surface area contributed by atoms with Gasteiger partial charge in [-0.05, 0) is 73.7 Å². The largest absolute Gasteiger partial charge is 0.497 e. The van der Waals surface area contributed by atoms with Gasteiger partial charge in [0.1, 0.15) is 5.75 Å². The van der Waals surface area contributed by atoms with Crippen LogP contribution in [0.5, 0.6) is 5.75 Å². The van der Waals surface area contributed by atoms with Crippen molar-refractivity contribution in [1.82, 2.24) is 20.4 Å². The molecule has 1 N–H and O–H groups in total. The van der Waals surface area contributed by atoms with E-state index in [0.29, 0.717) is 35.7 Å². The number of likely N-dealkylation sites (tertiary alicyclic amines) is 1. The van der Waals surface area contributed by atoms with E-state index in [1.165, 1.54) is 0 Å². The fourth-order valence-electron chi connectivity index (χ4n) is 4.52. The Balaban J connectivity index is 1.37. The number of carbonyl (C=O) groups excluding carboxylic acids is 1. The van der Waals surface area contributed by atoms with E-state index < -0.39 is 0 Å². The molecule has 4 rings (SSSR count). The van der Waals surface area contributed by atoms with Crippen LogP contribution in [0.1, 0.15) is 50.6 Å². The van der Waals surface area contributed by atoms with E-state index in [2.05, 4.69) is 34.2 Å². The summed E-state index contributed by atoms with van der Waals surface area (Å²) >= 11 is 5.97. The van der Waals surface area contributed by atoms with Crippen molar-refractivity contribution < 1.29 is 14.1 Å². The summed E-state index contributed by atoms with van der Waals surface area (Å²) in [7, 11) is 1.66. The van der Waals surface area contributed by atoms with Crippen LogP contribution in [0.3, 0.4) is 0 Å². The minimum atomic E-state index is -0.0738. The zero-order chi connectivity index (χ0) is 24.8. The van der Waals surface area contributed by atoms with Gasteiger partial charge >= 0.3 is 0 Å². The molecule has 0 bridgehead atoms. The van der Waals surface area contributed by atoms with Gasteiger partial charge in [0.25, 0.3) is 0 Å². The summed E-state index contributed by atoms with van der Waals surface area (Å²) in [6.07, 6.45) is 2.71. The topological polar surface area (TPSA) is 80.5 Å². The average molecular weight is 497 g/mol. The average Bonchev–Trinajstić information content (AvgIpc) is 3.32. The summed E-state index contributed by atoms with van der Waals surface area (Å²) < 4.78 is 10.8. The number of piperidine rings is 1. The van der Waals surface area contributed by atoms with Crippen molar-refractivity contribution in [3.05, 3.63) is 65.0 Å². The highest BCUT2D eigenvalue weighted by Gasteiger charge is 2.29. The molecule has 0 saturated carbocycles. The van der Waals surface area contributed by atoms with Crippen LogP contribution in [0.2, 0.25) is 5.02 Å². The van der Waals surface area contributed by atoms with Crippen molar-refractivity contribution in [2.75, 3.05) is 20.2 Å². The predicted molar refractivity (Wildman–Crippen MR) is 136 cm³/mol. The number of nitrogens with zero attached hydrogens (tertiary/aromatic N) is 3. The number of amides is 1. The van der Waals surface area contributed by atoms with Crippen LogP contribution >= 0.6 is 11.6 Å². The molecule has 2 aromatic carbocycles. The zero-order valence-corrected chi connectivity index (χ0v) is 21.3. The van der Waals surface area contributed by atoms with Crippen LogP contribution in [-0.4, -0.2) is 41.1 Å². The summed E-state index contributed by atoms with van der Waals surface area (Å²) in [6.45, 7) is 6.44. The number of methoxy groups -OCH3 is 1. The maximum atomic E-state index is 13.3. The van der Waals surface area contributed by atoms with E-state index in [1.54, 1.807) is 19.2 Å². The smallest absolute Gasteiger partial charge is 0.241 e. The third-order valence-corrected chi connectivity index (χ3v) is 6.60. The number of ether oxygens (including phenoxy) is 1. The minimum absolute atomic E-state index is 0.0262. The maximum absolute atomic E-state index is 13.3. The fraction of sp³-hybridized carbons (Fsp3) is 0.444. The van der Waals surface area contributed by atoms with Gasteiger partial charge in [0.2, 0.25) is 17.6 Å². The summed E-state index contributed by atoms with van der Waals surface area (Å²) in [4.78, 5) is 20.0. The lowest BCUT2D eigenvalue weighted by Crippen LogP contribution is -2.43. The number of hydrogen-bond donors (Lipinski definition) is 1. The first-order valence-corrected chi connectivity index (χ1v) is 12.5. The van der Waals surface area contributed by atoms with Crippen LogP contribution in [-0.2, 0) is 11.3 Å². The number of carbonyl (C=O) groups is 1. The van der Waals surface area contributed by atoms with E-state index in [9.17, 15) is 4.79 Å². The third kappa shape index (κ3) is 6.83. The van der Waals surface area contributed by atoms with Crippen LogP contribution in [0.4, 0.5) is 0 Å².